The molecule has 0 fully saturated rings. The summed E-state index contributed by atoms with van der Waals surface area (Å²) < 4.78 is 3.86. The zero-order valence-electron chi connectivity index (χ0n) is 12.3. The Morgan fingerprint density at radius 2 is 2.22 bits per heavy atom. The molecule has 0 aliphatic rings. The Kier molecular flexibility index (Phi) is 4.71. The van der Waals surface area contributed by atoms with Gasteiger partial charge in [-0.3, -0.25) is 0 Å². The predicted molar refractivity (Wildman–Crippen MR) is 93.2 cm³/mol. The zero-order chi connectivity index (χ0) is 16.2. The summed E-state index contributed by atoms with van der Waals surface area (Å²) in [6.07, 6.45) is 0. The normalized spacial score (nSPS) is 11.0. The summed E-state index contributed by atoms with van der Waals surface area (Å²) in [5, 5.41) is 21.1. The Hall–Kier alpha value is -2.22. The third-order valence-electron chi connectivity index (χ3n) is 2.90. The SMILES string of the molecule is CCN(C)c1nc(-c2cccs2)c(N=Nc2nc(C#N)ns2)s1. The molecule has 0 saturated heterocycles. The van der Waals surface area contributed by atoms with E-state index in [0.29, 0.717) is 5.13 Å². The van der Waals surface area contributed by atoms with Crippen molar-refractivity contribution in [3.05, 3.63) is 23.3 Å². The lowest BCUT2D eigenvalue weighted by atomic mass is 10.4. The summed E-state index contributed by atoms with van der Waals surface area (Å²) >= 11 is 4.13. The fourth-order valence-corrected chi connectivity index (χ4v) is 3.79. The first-order chi connectivity index (χ1) is 11.2. The molecule has 3 rings (SSSR count). The highest BCUT2D eigenvalue weighted by molar-refractivity contribution is 7.20. The molecule has 0 aliphatic heterocycles. The number of rotatable bonds is 5. The fraction of sp³-hybridized carbons (Fsp3) is 0.231. The minimum atomic E-state index is 0.109. The molecule has 3 aromatic rings. The summed E-state index contributed by atoms with van der Waals surface area (Å²) in [6, 6.07) is 5.86. The minimum absolute atomic E-state index is 0.109. The highest BCUT2D eigenvalue weighted by atomic mass is 32.1. The standard InChI is InChI=1S/C13H11N7S3/c1-3-20(2)13-16-10(8-5-4-6-21-8)11(22-13)17-18-12-15-9(7-14)19-23-12/h4-6H,3H2,1-2H3. The highest BCUT2D eigenvalue weighted by Gasteiger charge is 2.16. The maximum absolute atomic E-state index is 8.74. The van der Waals surface area contributed by atoms with Crippen molar-refractivity contribution in [1.82, 2.24) is 14.3 Å². The van der Waals surface area contributed by atoms with Crippen molar-refractivity contribution >= 4 is 49.5 Å². The number of thiophene rings is 1. The Bertz CT molecular complexity index is 857. The Balaban J connectivity index is 1.96. The Labute approximate surface area is 144 Å². The minimum Gasteiger partial charge on any atom is -0.351 e. The number of nitrogens with zero attached hydrogens (tertiary/aromatic N) is 7. The molecular weight excluding hydrogens is 350 g/mol. The van der Waals surface area contributed by atoms with Gasteiger partial charge in [-0.15, -0.1) is 21.6 Å². The van der Waals surface area contributed by atoms with Gasteiger partial charge in [0.05, 0.1) is 4.88 Å². The van der Waals surface area contributed by atoms with E-state index < -0.39 is 0 Å². The van der Waals surface area contributed by atoms with E-state index in [9.17, 15) is 0 Å². The highest BCUT2D eigenvalue weighted by Crippen LogP contribution is 2.41. The van der Waals surface area contributed by atoms with Gasteiger partial charge < -0.3 is 4.90 Å². The van der Waals surface area contributed by atoms with E-state index in [1.165, 1.54) is 11.3 Å². The molecule has 0 atom stereocenters. The van der Waals surface area contributed by atoms with Crippen LogP contribution in [0.4, 0.5) is 15.3 Å². The van der Waals surface area contributed by atoms with Crippen LogP contribution in [0.1, 0.15) is 12.7 Å². The predicted octanol–water partition coefficient (Wildman–Crippen LogP) is 4.47. The summed E-state index contributed by atoms with van der Waals surface area (Å²) in [5.41, 5.74) is 0.814. The van der Waals surface area contributed by atoms with Gasteiger partial charge in [0.15, 0.2) is 10.1 Å². The van der Waals surface area contributed by atoms with Crippen LogP contribution in [0.3, 0.4) is 0 Å². The number of aromatic nitrogens is 3. The van der Waals surface area contributed by atoms with Crippen molar-refractivity contribution in [3.8, 4) is 16.6 Å². The maximum atomic E-state index is 8.74. The number of azo groups is 1. The van der Waals surface area contributed by atoms with Gasteiger partial charge in [-0.25, -0.2) is 4.98 Å². The van der Waals surface area contributed by atoms with Gasteiger partial charge in [-0.1, -0.05) is 17.4 Å². The van der Waals surface area contributed by atoms with Gasteiger partial charge in [-0.2, -0.15) is 14.6 Å². The number of anilines is 1. The zero-order valence-corrected chi connectivity index (χ0v) is 14.7. The third kappa shape index (κ3) is 3.42. The van der Waals surface area contributed by atoms with Gasteiger partial charge in [-0.05, 0) is 18.4 Å². The van der Waals surface area contributed by atoms with Gasteiger partial charge in [0.1, 0.15) is 11.8 Å². The van der Waals surface area contributed by atoms with Crippen LogP contribution >= 0.6 is 34.2 Å². The van der Waals surface area contributed by atoms with Crippen molar-refractivity contribution < 1.29 is 0 Å². The lowest BCUT2D eigenvalue weighted by Gasteiger charge is -2.10. The van der Waals surface area contributed by atoms with E-state index in [-0.39, 0.29) is 5.82 Å². The van der Waals surface area contributed by atoms with Crippen LogP contribution < -0.4 is 4.90 Å². The molecule has 0 aromatic carbocycles. The smallest absolute Gasteiger partial charge is 0.250 e. The molecular formula is C13H11N7S3. The van der Waals surface area contributed by atoms with E-state index in [4.69, 9.17) is 5.26 Å². The molecule has 0 N–H and O–H groups in total. The molecule has 0 bridgehead atoms. The van der Waals surface area contributed by atoms with Gasteiger partial charge in [0.2, 0.25) is 11.0 Å². The molecule has 0 saturated carbocycles. The first-order valence-corrected chi connectivity index (χ1v) is 9.09. The van der Waals surface area contributed by atoms with Crippen LogP contribution in [0, 0.1) is 11.3 Å². The van der Waals surface area contributed by atoms with Crippen molar-refractivity contribution in [2.45, 2.75) is 6.92 Å². The van der Waals surface area contributed by atoms with Crippen molar-refractivity contribution in [2.24, 2.45) is 10.2 Å². The van der Waals surface area contributed by atoms with Crippen LogP contribution in [0.5, 0.6) is 0 Å². The largest absolute Gasteiger partial charge is 0.351 e. The molecule has 10 heteroatoms. The maximum Gasteiger partial charge on any atom is 0.250 e. The van der Waals surface area contributed by atoms with Gasteiger partial charge >= 0.3 is 0 Å². The topological polar surface area (TPSA) is 90.4 Å². The van der Waals surface area contributed by atoms with E-state index in [0.717, 1.165) is 38.8 Å². The van der Waals surface area contributed by atoms with Crippen LogP contribution in [0.25, 0.3) is 10.6 Å². The summed E-state index contributed by atoms with van der Waals surface area (Å²) in [7, 11) is 1.99. The second kappa shape index (κ2) is 6.91. The van der Waals surface area contributed by atoms with Crippen LogP contribution in [-0.2, 0) is 0 Å². The quantitative estimate of drug-likeness (QED) is 0.625. The van der Waals surface area contributed by atoms with Crippen LogP contribution in [0.2, 0.25) is 0 Å². The molecule has 0 aliphatic carbocycles. The molecule has 116 valence electrons. The lowest BCUT2D eigenvalue weighted by molar-refractivity contribution is 0.959. The number of hydrogen-bond acceptors (Lipinski definition) is 10. The van der Waals surface area contributed by atoms with Gasteiger partial charge in [0, 0.05) is 25.1 Å². The monoisotopic (exact) mass is 361 g/mol. The third-order valence-corrected chi connectivity index (χ3v) is 5.43. The number of thiazole rings is 1. The molecule has 3 heterocycles. The summed E-state index contributed by atoms with van der Waals surface area (Å²) in [6.45, 7) is 2.92. The second-order valence-corrected chi connectivity index (χ2v) is 6.99. The molecule has 23 heavy (non-hydrogen) atoms. The molecule has 7 nitrogen and oxygen atoms in total. The summed E-state index contributed by atoms with van der Waals surface area (Å²) in [4.78, 5) is 11.7. The number of nitriles is 1. The van der Waals surface area contributed by atoms with Gasteiger partial charge in [0.25, 0.3) is 0 Å². The average Bonchev–Trinajstić information content (AvgIpc) is 3.30. The van der Waals surface area contributed by atoms with E-state index >= 15 is 0 Å². The molecule has 0 radical (unpaired) electrons. The van der Waals surface area contributed by atoms with Crippen molar-refractivity contribution in [3.63, 3.8) is 0 Å². The van der Waals surface area contributed by atoms with E-state index in [1.54, 1.807) is 11.3 Å². The molecule has 0 spiro atoms. The molecule has 3 aromatic heterocycles. The second-order valence-electron chi connectivity index (χ2n) is 4.35. The molecule has 0 amide bonds. The first-order valence-electron chi connectivity index (χ1n) is 6.62. The number of hydrogen-bond donors (Lipinski definition) is 0. The summed E-state index contributed by atoms with van der Waals surface area (Å²) in [5.74, 6) is 0.109. The molecule has 0 unspecified atom stereocenters. The van der Waals surface area contributed by atoms with Crippen LogP contribution in [-0.4, -0.2) is 27.9 Å². The van der Waals surface area contributed by atoms with Crippen LogP contribution in [0.15, 0.2) is 27.7 Å². The van der Waals surface area contributed by atoms with E-state index in [2.05, 4.69) is 36.4 Å². The first kappa shape index (κ1) is 15.7. The lowest BCUT2D eigenvalue weighted by Crippen LogP contribution is -2.15. The van der Waals surface area contributed by atoms with Crippen molar-refractivity contribution in [1.29, 1.82) is 5.26 Å². The Morgan fingerprint density at radius 3 is 2.87 bits per heavy atom. The average molecular weight is 361 g/mol. The van der Waals surface area contributed by atoms with Crippen molar-refractivity contribution in [2.75, 3.05) is 18.5 Å². The van der Waals surface area contributed by atoms with E-state index in [1.807, 2.05) is 30.6 Å². The Morgan fingerprint density at radius 1 is 1.35 bits per heavy atom. The fourth-order valence-electron chi connectivity index (χ4n) is 1.63.